The van der Waals surface area contributed by atoms with Gasteiger partial charge >= 0.3 is 0 Å². The topological polar surface area (TPSA) is 62.6 Å². The third-order valence-electron chi connectivity index (χ3n) is 3.84. The van der Waals surface area contributed by atoms with Crippen LogP contribution in [0.3, 0.4) is 0 Å². The molecule has 1 fully saturated rings. The number of hydrogen-bond donors (Lipinski definition) is 0. The van der Waals surface area contributed by atoms with Crippen LogP contribution in [-0.4, -0.2) is 37.1 Å². The molecule has 1 amide bonds. The lowest BCUT2D eigenvalue weighted by atomic mass is 10.1. The number of carbonyl (C=O) groups is 1. The molecule has 0 radical (unpaired) electrons. The van der Waals surface area contributed by atoms with Crippen LogP contribution in [0.5, 0.6) is 5.75 Å². The molecule has 5 heteroatoms. The quantitative estimate of drug-likeness (QED) is 0.868. The van der Waals surface area contributed by atoms with Crippen molar-refractivity contribution < 1.29 is 14.3 Å². The van der Waals surface area contributed by atoms with Crippen molar-refractivity contribution in [2.24, 2.45) is 0 Å². The van der Waals surface area contributed by atoms with Crippen molar-refractivity contribution in [1.29, 1.82) is 5.26 Å². The molecule has 24 heavy (non-hydrogen) atoms. The predicted octanol–water partition coefficient (Wildman–Crippen LogP) is 2.61. The molecule has 0 atom stereocenters. The van der Waals surface area contributed by atoms with Crippen LogP contribution in [0.15, 0.2) is 48.5 Å². The third kappa shape index (κ3) is 3.92. The largest absolute Gasteiger partial charge is 0.489 e. The van der Waals surface area contributed by atoms with Gasteiger partial charge in [0.25, 0.3) is 5.91 Å². The van der Waals surface area contributed by atoms with Gasteiger partial charge in [0.15, 0.2) is 0 Å². The second-order valence-corrected chi connectivity index (χ2v) is 5.53. The highest BCUT2D eigenvalue weighted by Crippen LogP contribution is 2.16. The van der Waals surface area contributed by atoms with Crippen molar-refractivity contribution in [3.05, 3.63) is 65.2 Å². The van der Waals surface area contributed by atoms with Crippen LogP contribution in [0, 0.1) is 11.3 Å². The number of rotatable bonds is 4. The molecular formula is C19H18N2O3. The number of morpholine rings is 1. The van der Waals surface area contributed by atoms with Gasteiger partial charge in [0, 0.05) is 18.7 Å². The van der Waals surface area contributed by atoms with Crippen molar-refractivity contribution in [2.45, 2.75) is 6.61 Å². The number of hydrogen-bond acceptors (Lipinski definition) is 4. The molecule has 0 unspecified atom stereocenters. The summed E-state index contributed by atoms with van der Waals surface area (Å²) in [5, 5.41) is 8.91. The average Bonchev–Trinajstić information content (AvgIpc) is 2.67. The highest BCUT2D eigenvalue weighted by atomic mass is 16.5. The summed E-state index contributed by atoms with van der Waals surface area (Å²) in [4.78, 5) is 14.3. The zero-order chi connectivity index (χ0) is 16.8. The van der Waals surface area contributed by atoms with Gasteiger partial charge in [-0.3, -0.25) is 4.79 Å². The fourth-order valence-electron chi connectivity index (χ4n) is 2.57. The summed E-state index contributed by atoms with van der Waals surface area (Å²) in [7, 11) is 0. The van der Waals surface area contributed by atoms with Crippen molar-refractivity contribution in [3.63, 3.8) is 0 Å². The Kier molecular flexibility index (Phi) is 5.09. The normalized spacial score (nSPS) is 14.0. The lowest BCUT2D eigenvalue weighted by Crippen LogP contribution is -2.40. The van der Waals surface area contributed by atoms with Crippen LogP contribution in [0.25, 0.3) is 0 Å². The van der Waals surface area contributed by atoms with E-state index < -0.39 is 0 Å². The molecule has 0 aromatic heterocycles. The highest BCUT2D eigenvalue weighted by molar-refractivity contribution is 5.94. The number of carbonyl (C=O) groups excluding carboxylic acids is 1. The minimum Gasteiger partial charge on any atom is -0.489 e. The molecule has 0 bridgehead atoms. The Bertz CT molecular complexity index is 761. The Morgan fingerprint density at radius 3 is 2.75 bits per heavy atom. The second kappa shape index (κ2) is 7.62. The standard InChI is InChI=1S/C19H18N2O3/c20-13-15-3-2-6-18(12-15)24-14-16-4-1-5-17(11-16)19(22)21-7-9-23-10-8-21/h1-6,11-12H,7-10,14H2. The van der Waals surface area contributed by atoms with Crippen LogP contribution in [-0.2, 0) is 11.3 Å². The number of amides is 1. The Hall–Kier alpha value is -2.84. The lowest BCUT2D eigenvalue weighted by Gasteiger charge is -2.27. The first kappa shape index (κ1) is 16.0. The van der Waals surface area contributed by atoms with E-state index in [1.807, 2.05) is 30.3 Å². The third-order valence-corrected chi connectivity index (χ3v) is 3.84. The Morgan fingerprint density at radius 1 is 1.17 bits per heavy atom. The van der Waals surface area contributed by atoms with Crippen LogP contribution in [0.2, 0.25) is 0 Å². The number of benzene rings is 2. The van der Waals surface area contributed by atoms with Crippen LogP contribution >= 0.6 is 0 Å². The van der Waals surface area contributed by atoms with E-state index in [0.29, 0.717) is 49.8 Å². The maximum atomic E-state index is 12.5. The molecule has 3 rings (SSSR count). The smallest absolute Gasteiger partial charge is 0.254 e. The Balaban J connectivity index is 1.66. The van der Waals surface area contributed by atoms with E-state index in [0.717, 1.165) is 5.56 Å². The molecule has 122 valence electrons. The first-order valence-electron chi connectivity index (χ1n) is 7.85. The fraction of sp³-hybridized carbons (Fsp3) is 0.263. The van der Waals surface area contributed by atoms with Crippen molar-refractivity contribution in [1.82, 2.24) is 4.90 Å². The highest BCUT2D eigenvalue weighted by Gasteiger charge is 2.18. The number of nitriles is 1. The van der Waals surface area contributed by atoms with Gasteiger partial charge in [0.2, 0.25) is 0 Å². The average molecular weight is 322 g/mol. The maximum absolute atomic E-state index is 12.5. The second-order valence-electron chi connectivity index (χ2n) is 5.53. The molecule has 0 N–H and O–H groups in total. The summed E-state index contributed by atoms with van der Waals surface area (Å²) in [5.41, 5.74) is 2.13. The fourth-order valence-corrected chi connectivity index (χ4v) is 2.57. The molecule has 2 aromatic rings. The van der Waals surface area contributed by atoms with E-state index in [1.165, 1.54) is 0 Å². The van der Waals surface area contributed by atoms with Crippen molar-refractivity contribution in [2.75, 3.05) is 26.3 Å². The molecule has 1 saturated heterocycles. The van der Waals surface area contributed by atoms with E-state index in [1.54, 1.807) is 23.1 Å². The Labute approximate surface area is 141 Å². The van der Waals surface area contributed by atoms with Crippen molar-refractivity contribution >= 4 is 5.91 Å². The summed E-state index contributed by atoms with van der Waals surface area (Å²) in [6.45, 7) is 2.77. The van der Waals surface area contributed by atoms with Gasteiger partial charge in [-0.15, -0.1) is 0 Å². The molecule has 5 nitrogen and oxygen atoms in total. The van der Waals surface area contributed by atoms with E-state index >= 15 is 0 Å². The van der Waals surface area contributed by atoms with E-state index in [9.17, 15) is 4.79 Å². The van der Waals surface area contributed by atoms with Crippen LogP contribution in [0.1, 0.15) is 21.5 Å². The van der Waals surface area contributed by atoms with Gasteiger partial charge in [-0.05, 0) is 35.9 Å². The van der Waals surface area contributed by atoms with E-state index in [2.05, 4.69) is 6.07 Å². The molecule has 1 aliphatic rings. The molecule has 0 spiro atoms. The van der Waals surface area contributed by atoms with Crippen LogP contribution < -0.4 is 4.74 Å². The SMILES string of the molecule is N#Cc1cccc(OCc2cccc(C(=O)N3CCOCC3)c2)c1. The molecule has 0 saturated carbocycles. The van der Waals surface area contributed by atoms with Crippen molar-refractivity contribution in [3.8, 4) is 11.8 Å². The predicted molar refractivity (Wildman–Crippen MR) is 88.7 cm³/mol. The first-order valence-corrected chi connectivity index (χ1v) is 7.85. The van der Waals surface area contributed by atoms with Gasteiger partial charge in [-0.25, -0.2) is 0 Å². The monoisotopic (exact) mass is 322 g/mol. The molecule has 2 aromatic carbocycles. The zero-order valence-corrected chi connectivity index (χ0v) is 13.3. The minimum absolute atomic E-state index is 0.0200. The zero-order valence-electron chi connectivity index (χ0n) is 13.3. The van der Waals surface area contributed by atoms with Gasteiger partial charge < -0.3 is 14.4 Å². The van der Waals surface area contributed by atoms with Gasteiger partial charge in [-0.2, -0.15) is 5.26 Å². The lowest BCUT2D eigenvalue weighted by molar-refractivity contribution is 0.0303. The summed E-state index contributed by atoms with van der Waals surface area (Å²) in [5.74, 6) is 0.658. The maximum Gasteiger partial charge on any atom is 0.254 e. The number of ether oxygens (including phenoxy) is 2. The van der Waals surface area contributed by atoms with Crippen LogP contribution in [0.4, 0.5) is 0 Å². The Morgan fingerprint density at radius 2 is 1.96 bits per heavy atom. The summed E-state index contributed by atoms with van der Waals surface area (Å²) in [6.07, 6.45) is 0. The molecule has 1 heterocycles. The minimum atomic E-state index is 0.0200. The summed E-state index contributed by atoms with van der Waals surface area (Å²) < 4.78 is 11.0. The summed E-state index contributed by atoms with van der Waals surface area (Å²) in [6, 6.07) is 16.6. The van der Waals surface area contributed by atoms with E-state index in [4.69, 9.17) is 14.7 Å². The molecular weight excluding hydrogens is 304 g/mol. The molecule has 1 aliphatic heterocycles. The van der Waals surface area contributed by atoms with Gasteiger partial charge in [0.1, 0.15) is 12.4 Å². The van der Waals surface area contributed by atoms with Gasteiger partial charge in [0.05, 0.1) is 24.8 Å². The first-order chi connectivity index (χ1) is 11.8. The number of nitrogens with zero attached hydrogens (tertiary/aromatic N) is 2. The van der Waals surface area contributed by atoms with E-state index in [-0.39, 0.29) is 5.91 Å². The summed E-state index contributed by atoms with van der Waals surface area (Å²) >= 11 is 0. The molecule has 0 aliphatic carbocycles. The van der Waals surface area contributed by atoms with Gasteiger partial charge in [-0.1, -0.05) is 18.2 Å².